The van der Waals surface area contributed by atoms with Crippen LogP contribution in [0.5, 0.6) is 0 Å². The third kappa shape index (κ3) is 3.48. The summed E-state index contributed by atoms with van der Waals surface area (Å²) in [6.07, 6.45) is 1.60. The molecular weight excluding hydrogens is 335 g/mol. The van der Waals surface area contributed by atoms with Gasteiger partial charge in [0.1, 0.15) is 0 Å². The molecule has 2 nitrogen and oxygen atoms in total. The number of halogens is 3. The molecule has 0 spiro atoms. The summed E-state index contributed by atoms with van der Waals surface area (Å²) in [5, 5.41) is 5.25. The van der Waals surface area contributed by atoms with Crippen molar-refractivity contribution in [3.63, 3.8) is 0 Å². The molecule has 0 unspecified atom stereocenters. The number of anilines is 1. The van der Waals surface area contributed by atoms with Crippen LogP contribution in [0.25, 0.3) is 0 Å². The molecule has 0 saturated heterocycles. The molecule has 0 amide bonds. The third-order valence-corrected chi connectivity index (χ3v) is 3.42. The molecule has 18 heavy (non-hydrogen) atoms. The van der Waals surface area contributed by atoms with Crippen molar-refractivity contribution < 1.29 is 0 Å². The maximum absolute atomic E-state index is 6.02. The van der Waals surface area contributed by atoms with Gasteiger partial charge < -0.3 is 0 Å². The summed E-state index contributed by atoms with van der Waals surface area (Å²) in [5.74, 6) is 0. The SMILES string of the molecule is Clc1cccc(Cl)c1C=NNc1ccc(Br)cc1. The maximum atomic E-state index is 6.02. The second kappa shape index (κ2) is 6.23. The van der Waals surface area contributed by atoms with Gasteiger partial charge in [-0.2, -0.15) is 5.10 Å². The zero-order valence-corrected chi connectivity index (χ0v) is 12.3. The molecule has 2 aromatic carbocycles. The van der Waals surface area contributed by atoms with E-state index in [2.05, 4.69) is 26.5 Å². The van der Waals surface area contributed by atoms with E-state index >= 15 is 0 Å². The van der Waals surface area contributed by atoms with Crippen molar-refractivity contribution in [1.29, 1.82) is 0 Å². The lowest BCUT2D eigenvalue weighted by molar-refractivity contribution is 1.35. The van der Waals surface area contributed by atoms with E-state index in [4.69, 9.17) is 23.2 Å². The van der Waals surface area contributed by atoms with Gasteiger partial charge in [0.05, 0.1) is 21.9 Å². The second-order valence-corrected chi connectivity index (χ2v) is 5.24. The van der Waals surface area contributed by atoms with Gasteiger partial charge in [0.15, 0.2) is 0 Å². The van der Waals surface area contributed by atoms with Gasteiger partial charge in [-0.3, -0.25) is 5.43 Å². The highest BCUT2D eigenvalue weighted by Crippen LogP contribution is 2.22. The average Bonchev–Trinajstić information content (AvgIpc) is 2.35. The normalized spacial score (nSPS) is 10.8. The van der Waals surface area contributed by atoms with Crippen LogP contribution in [-0.4, -0.2) is 6.21 Å². The van der Waals surface area contributed by atoms with Gasteiger partial charge in [0, 0.05) is 10.0 Å². The molecule has 0 aliphatic rings. The van der Waals surface area contributed by atoms with Gasteiger partial charge in [-0.1, -0.05) is 45.2 Å². The highest BCUT2D eigenvalue weighted by molar-refractivity contribution is 9.10. The summed E-state index contributed by atoms with van der Waals surface area (Å²) in [7, 11) is 0. The Balaban J connectivity index is 2.10. The summed E-state index contributed by atoms with van der Waals surface area (Å²) in [6, 6.07) is 13.0. The second-order valence-electron chi connectivity index (χ2n) is 3.51. The lowest BCUT2D eigenvalue weighted by Gasteiger charge is -2.02. The fourth-order valence-electron chi connectivity index (χ4n) is 1.33. The van der Waals surface area contributed by atoms with E-state index in [0.717, 1.165) is 10.2 Å². The average molecular weight is 344 g/mol. The van der Waals surface area contributed by atoms with Crippen molar-refractivity contribution in [2.24, 2.45) is 5.10 Å². The van der Waals surface area contributed by atoms with Gasteiger partial charge in [-0.15, -0.1) is 0 Å². The number of hydrogen-bond acceptors (Lipinski definition) is 2. The first-order valence-electron chi connectivity index (χ1n) is 5.15. The molecule has 1 N–H and O–H groups in total. The van der Waals surface area contributed by atoms with Crippen LogP contribution in [0.2, 0.25) is 10.0 Å². The molecule has 2 aromatic rings. The Kier molecular flexibility index (Phi) is 4.64. The van der Waals surface area contributed by atoms with E-state index in [1.807, 2.05) is 24.3 Å². The zero-order valence-electron chi connectivity index (χ0n) is 9.20. The number of nitrogens with zero attached hydrogens (tertiary/aromatic N) is 1. The van der Waals surface area contributed by atoms with Gasteiger partial charge in [0.25, 0.3) is 0 Å². The number of hydrazone groups is 1. The number of nitrogens with one attached hydrogen (secondary N) is 1. The Morgan fingerprint density at radius 2 is 1.61 bits per heavy atom. The predicted octanol–water partition coefficient (Wildman–Crippen LogP) is 5.20. The molecule has 0 bridgehead atoms. The van der Waals surface area contributed by atoms with Gasteiger partial charge in [-0.25, -0.2) is 0 Å². The van der Waals surface area contributed by atoms with E-state index in [1.54, 1.807) is 24.4 Å². The Morgan fingerprint density at radius 3 is 2.22 bits per heavy atom. The minimum absolute atomic E-state index is 0.573. The summed E-state index contributed by atoms with van der Waals surface area (Å²) in [6.45, 7) is 0. The van der Waals surface area contributed by atoms with Crippen LogP contribution in [0.15, 0.2) is 52.0 Å². The van der Waals surface area contributed by atoms with E-state index in [9.17, 15) is 0 Å². The number of benzene rings is 2. The summed E-state index contributed by atoms with van der Waals surface area (Å²) < 4.78 is 1.02. The predicted molar refractivity (Wildman–Crippen MR) is 81.8 cm³/mol. The molecule has 0 atom stereocenters. The molecule has 0 saturated carbocycles. The van der Waals surface area contributed by atoms with Gasteiger partial charge in [0.2, 0.25) is 0 Å². The van der Waals surface area contributed by atoms with E-state index in [0.29, 0.717) is 15.6 Å². The van der Waals surface area contributed by atoms with Crippen molar-refractivity contribution in [1.82, 2.24) is 0 Å². The van der Waals surface area contributed by atoms with Gasteiger partial charge >= 0.3 is 0 Å². The molecule has 92 valence electrons. The van der Waals surface area contributed by atoms with Gasteiger partial charge in [-0.05, 0) is 36.4 Å². The first-order valence-corrected chi connectivity index (χ1v) is 6.70. The monoisotopic (exact) mass is 342 g/mol. The maximum Gasteiger partial charge on any atom is 0.0574 e. The lowest BCUT2D eigenvalue weighted by Crippen LogP contribution is -1.91. The molecule has 0 aliphatic heterocycles. The van der Waals surface area contributed by atoms with Crippen molar-refractivity contribution >= 4 is 51.0 Å². The Labute approximate surface area is 124 Å². The molecule has 0 heterocycles. The Hall–Kier alpha value is -1.03. The molecule has 5 heteroatoms. The van der Waals surface area contributed by atoms with Crippen LogP contribution in [0.1, 0.15) is 5.56 Å². The first-order chi connectivity index (χ1) is 8.66. The fraction of sp³-hybridized carbons (Fsp3) is 0. The molecular formula is C13H9BrCl2N2. The van der Waals surface area contributed by atoms with E-state index in [-0.39, 0.29) is 0 Å². The highest BCUT2D eigenvalue weighted by Gasteiger charge is 2.01. The van der Waals surface area contributed by atoms with E-state index < -0.39 is 0 Å². The van der Waals surface area contributed by atoms with Crippen molar-refractivity contribution in [2.45, 2.75) is 0 Å². The molecule has 0 fully saturated rings. The van der Waals surface area contributed by atoms with Crippen LogP contribution < -0.4 is 5.43 Å². The zero-order chi connectivity index (χ0) is 13.0. The molecule has 0 aromatic heterocycles. The van der Waals surface area contributed by atoms with Crippen molar-refractivity contribution in [3.05, 3.63) is 62.5 Å². The minimum atomic E-state index is 0.573. The number of rotatable bonds is 3. The standard InChI is InChI=1S/C13H9BrCl2N2/c14-9-4-6-10(7-5-9)18-17-8-11-12(15)2-1-3-13(11)16/h1-8,18H. The quantitative estimate of drug-likeness (QED) is 0.601. The summed E-state index contributed by atoms with van der Waals surface area (Å²) in [5.41, 5.74) is 4.49. The van der Waals surface area contributed by atoms with Crippen molar-refractivity contribution in [3.8, 4) is 0 Å². The fourth-order valence-corrected chi connectivity index (χ4v) is 2.09. The largest absolute Gasteiger partial charge is 0.279 e. The van der Waals surface area contributed by atoms with Crippen molar-refractivity contribution in [2.75, 3.05) is 5.43 Å². The molecule has 0 radical (unpaired) electrons. The molecule has 0 aliphatic carbocycles. The van der Waals surface area contributed by atoms with E-state index in [1.165, 1.54) is 0 Å². The number of hydrogen-bond donors (Lipinski definition) is 1. The molecule has 2 rings (SSSR count). The van der Waals surface area contributed by atoms with Crippen LogP contribution in [0, 0.1) is 0 Å². The van der Waals surface area contributed by atoms with Crippen LogP contribution in [-0.2, 0) is 0 Å². The highest BCUT2D eigenvalue weighted by atomic mass is 79.9. The Bertz CT molecular complexity index is 547. The Morgan fingerprint density at radius 1 is 1.00 bits per heavy atom. The lowest BCUT2D eigenvalue weighted by atomic mass is 10.2. The van der Waals surface area contributed by atoms with Crippen LogP contribution in [0.3, 0.4) is 0 Å². The smallest absolute Gasteiger partial charge is 0.0574 e. The summed E-state index contributed by atoms with van der Waals surface area (Å²) in [4.78, 5) is 0. The first kappa shape index (κ1) is 13.4. The third-order valence-electron chi connectivity index (χ3n) is 2.23. The van der Waals surface area contributed by atoms with Crippen LogP contribution in [0.4, 0.5) is 5.69 Å². The van der Waals surface area contributed by atoms with Crippen LogP contribution >= 0.6 is 39.1 Å². The minimum Gasteiger partial charge on any atom is -0.279 e. The topological polar surface area (TPSA) is 24.4 Å². The summed E-state index contributed by atoms with van der Waals surface area (Å²) >= 11 is 15.4.